The predicted octanol–water partition coefficient (Wildman–Crippen LogP) is 2.52. The second kappa shape index (κ2) is 7.45. The number of hydrogen-bond donors (Lipinski definition) is 3. The number of nitrogens with two attached hydrogens (primary N) is 1. The number of rotatable bonds is 6. The molecule has 0 atom stereocenters. The molecule has 0 amide bonds. The van der Waals surface area contributed by atoms with Crippen LogP contribution in [0, 0.1) is 5.82 Å². The number of nitrogen functional groups attached to an aromatic ring is 1. The molecule has 4 nitrogen and oxygen atoms in total. The minimum atomic E-state index is -0.488. The second-order valence-electron chi connectivity index (χ2n) is 4.84. The van der Waals surface area contributed by atoms with Gasteiger partial charge in [-0.1, -0.05) is 17.7 Å². The fourth-order valence-corrected chi connectivity index (χ4v) is 2.50. The van der Waals surface area contributed by atoms with Crippen molar-refractivity contribution in [3.05, 3.63) is 47.2 Å². The Balaban J connectivity index is 2.53. The summed E-state index contributed by atoms with van der Waals surface area (Å²) in [7, 11) is 0. The molecule has 4 N–H and O–H groups in total. The van der Waals surface area contributed by atoms with E-state index in [4.69, 9.17) is 17.3 Å². The fraction of sp³-hybridized carbons (Fsp3) is 0.250. The molecule has 2 rings (SSSR count). The molecule has 0 spiro atoms. The lowest BCUT2D eigenvalue weighted by Crippen LogP contribution is -2.30. The standard InChI is InChI=1S/C16H18ClFN2O2/c17-14-9-11(1-3-15(14)18)13-10-12(19)2-4-16(13)20(5-7-21)6-8-22/h1-4,9-10,21-22H,5-8,19H2. The molecule has 6 heteroatoms. The quantitative estimate of drug-likeness (QED) is 0.714. The molecule has 0 bridgehead atoms. The van der Waals surface area contributed by atoms with Crippen molar-refractivity contribution in [2.45, 2.75) is 0 Å². The first kappa shape index (κ1) is 16.5. The molecule has 0 saturated carbocycles. The van der Waals surface area contributed by atoms with Gasteiger partial charge in [-0.25, -0.2) is 4.39 Å². The van der Waals surface area contributed by atoms with Gasteiger partial charge in [-0.05, 0) is 35.9 Å². The number of benzene rings is 2. The Morgan fingerprint density at radius 3 is 2.32 bits per heavy atom. The Morgan fingerprint density at radius 1 is 1.05 bits per heavy atom. The van der Waals surface area contributed by atoms with E-state index in [-0.39, 0.29) is 18.2 Å². The van der Waals surface area contributed by atoms with E-state index in [0.717, 1.165) is 16.8 Å². The molecule has 2 aromatic carbocycles. The first-order valence-corrected chi connectivity index (χ1v) is 7.26. The maximum Gasteiger partial charge on any atom is 0.141 e. The van der Waals surface area contributed by atoms with E-state index in [9.17, 15) is 14.6 Å². The lowest BCUT2D eigenvalue weighted by Gasteiger charge is -2.26. The number of aliphatic hydroxyl groups excluding tert-OH is 2. The van der Waals surface area contributed by atoms with Crippen molar-refractivity contribution in [2.24, 2.45) is 0 Å². The lowest BCUT2D eigenvalue weighted by molar-refractivity contribution is 0.281. The largest absolute Gasteiger partial charge is 0.399 e. The molecule has 0 saturated heterocycles. The van der Waals surface area contributed by atoms with Crippen molar-refractivity contribution >= 4 is 23.0 Å². The zero-order valence-corrected chi connectivity index (χ0v) is 12.7. The van der Waals surface area contributed by atoms with Crippen LogP contribution in [0.3, 0.4) is 0 Å². The number of nitrogens with zero attached hydrogens (tertiary/aromatic N) is 1. The highest BCUT2D eigenvalue weighted by Gasteiger charge is 2.14. The number of aliphatic hydroxyl groups is 2. The molecule has 0 aromatic heterocycles. The van der Waals surface area contributed by atoms with E-state index in [1.165, 1.54) is 12.1 Å². The molecule has 0 radical (unpaired) electrons. The summed E-state index contributed by atoms with van der Waals surface area (Å²) in [6.45, 7) is 0.640. The minimum Gasteiger partial charge on any atom is -0.399 e. The average molecular weight is 325 g/mol. The van der Waals surface area contributed by atoms with Crippen LogP contribution in [0.2, 0.25) is 5.02 Å². The summed E-state index contributed by atoms with van der Waals surface area (Å²) in [4.78, 5) is 1.84. The zero-order valence-electron chi connectivity index (χ0n) is 12.0. The van der Waals surface area contributed by atoms with Crippen LogP contribution in [0.4, 0.5) is 15.8 Å². The van der Waals surface area contributed by atoms with Gasteiger partial charge in [0.2, 0.25) is 0 Å². The molecule has 0 fully saturated rings. The SMILES string of the molecule is Nc1ccc(N(CCO)CCO)c(-c2ccc(F)c(Cl)c2)c1. The first-order chi connectivity index (χ1) is 10.6. The van der Waals surface area contributed by atoms with Crippen LogP contribution in [-0.4, -0.2) is 36.5 Å². The Hall–Kier alpha value is -1.82. The maximum atomic E-state index is 13.4. The Labute approximate surface area is 133 Å². The van der Waals surface area contributed by atoms with Gasteiger partial charge < -0.3 is 20.8 Å². The van der Waals surface area contributed by atoms with Crippen molar-refractivity contribution in [1.29, 1.82) is 0 Å². The van der Waals surface area contributed by atoms with Crippen molar-refractivity contribution < 1.29 is 14.6 Å². The first-order valence-electron chi connectivity index (χ1n) is 6.88. The summed E-state index contributed by atoms with van der Waals surface area (Å²) in [5.74, 6) is -0.488. The molecule has 22 heavy (non-hydrogen) atoms. The number of hydrogen-bond acceptors (Lipinski definition) is 4. The van der Waals surface area contributed by atoms with Crippen molar-refractivity contribution in [1.82, 2.24) is 0 Å². The summed E-state index contributed by atoms with van der Waals surface area (Å²) in [5, 5.41) is 18.4. The Bertz CT molecular complexity index is 646. The molecule has 118 valence electrons. The van der Waals surface area contributed by atoms with Crippen LogP contribution >= 0.6 is 11.6 Å². The van der Waals surface area contributed by atoms with E-state index >= 15 is 0 Å². The number of anilines is 2. The third kappa shape index (κ3) is 3.68. The topological polar surface area (TPSA) is 69.7 Å². The average Bonchev–Trinajstić information content (AvgIpc) is 2.50. The van der Waals surface area contributed by atoms with Crippen LogP contribution in [0.15, 0.2) is 36.4 Å². The smallest absolute Gasteiger partial charge is 0.141 e. The van der Waals surface area contributed by atoms with Gasteiger partial charge in [0.15, 0.2) is 0 Å². The zero-order chi connectivity index (χ0) is 16.1. The van der Waals surface area contributed by atoms with Crippen LogP contribution in [0.5, 0.6) is 0 Å². The van der Waals surface area contributed by atoms with Gasteiger partial charge in [0.05, 0.1) is 18.2 Å². The molecule has 0 aliphatic heterocycles. The molecular formula is C16H18ClFN2O2. The Kier molecular flexibility index (Phi) is 5.60. The Morgan fingerprint density at radius 2 is 1.73 bits per heavy atom. The van der Waals surface area contributed by atoms with E-state index in [0.29, 0.717) is 18.8 Å². The monoisotopic (exact) mass is 324 g/mol. The molecule has 0 aliphatic rings. The normalized spacial score (nSPS) is 10.7. The highest BCUT2D eigenvalue weighted by Crippen LogP contribution is 2.34. The summed E-state index contributed by atoms with van der Waals surface area (Å²) in [6.07, 6.45) is 0. The van der Waals surface area contributed by atoms with Crippen molar-refractivity contribution in [3.63, 3.8) is 0 Å². The fourth-order valence-electron chi connectivity index (χ4n) is 2.32. The number of halogens is 2. The second-order valence-corrected chi connectivity index (χ2v) is 5.25. The molecule has 0 heterocycles. The van der Waals surface area contributed by atoms with E-state index < -0.39 is 5.82 Å². The predicted molar refractivity (Wildman–Crippen MR) is 87.6 cm³/mol. The van der Waals surface area contributed by atoms with Gasteiger partial charge in [-0.15, -0.1) is 0 Å². The highest BCUT2D eigenvalue weighted by molar-refractivity contribution is 6.31. The molecule has 0 aliphatic carbocycles. The van der Waals surface area contributed by atoms with E-state index in [2.05, 4.69) is 0 Å². The van der Waals surface area contributed by atoms with Gasteiger partial charge in [-0.2, -0.15) is 0 Å². The molecule has 0 unspecified atom stereocenters. The third-order valence-electron chi connectivity index (χ3n) is 3.33. The summed E-state index contributed by atoms with van der Waals surface area (Å²) in [6, 6.07) is 9.77. The highest BCUT2D eigenvalue weighted by atomic mass is 35.5. The summed E-state index contributed by atoms with van der Waals surface area (Å²) < 4.78 is 13.4. The van der Waals surface area contributed by atoms with Gasteiger partial charge in [0.25, 0.3) is 0 Å². The van der Waals surface area contributed by atoms with Gasteiger partial charge >= 0.3 is 0 Å². The molecule has 2 aromatic rings. The van der Waals surface area contributed by atoms with Crippen molar-refractivity contribution in [3.8, 4) is 11.1 Å². The summed E-state index contributed by atoms with van der Waals surface area (Å²) >= 11 is 5.86. The van der Waals surface area contributed by atoms with E-state index in [1.807, 2.05) is 11.0 Å². The van der Waals surface area contributed by atoms with Crippen LogP contribution in [0.25, 0.3) is 11.1 Å². The minimum absolute atomic E-state index is 0.0294. The van der Waals surface area contributed by atoms with E-state index in [1.54, 1.807) is 18.2 Å². The van der Waals surface area contributed by atoms with Gasteiger partial charge in [-0.3, -0.25) is 0 Å². The van der Waals surface area contributed by atoms with Crippen LogP contribution < -0.4 is 10.6 Å². The summed E-state index contributed by atoms with van der Waals surface area (Å²) in [5.41, 5.74) is 8.69. The third-order valence-corrected chi connectivity index (χ3v) is 3.62. The van der Waals surface area contributed by atoms with Crippen molar-refractivity contribution in [2.75, 3.05) is 36.9 Å². The molecular weight excluding hydrogens is 307 g/mol. The maximum absolute atomic E-state index is 13.4. The van der Waals surface area contributed by atoms with Crippen LogP contribution in [0.1, 0.15) is 0 Å². The van der Waals surface area contributed by atoms with Gasteiger partial charge in [0, 0.05) is 30.0 Å². The van der Waals surface area contributed by atoms with Crippen LogP contribution in [-0.2, 0) is 0 Å². The lowest BCUT2D eigenvalue weighted by atomic mass is 10.0. The van der Waals surface area contributed by atoms with Gasteiger partial charge in [0.1, 0.15) is 5.82 Å².